The van der Waals surface area contributed by atoms with Crippen LogP contribution in [0, 0.1) is 0 Å². The molecule has 0 atom stereocenters. The second kappa shape index (κ2) is 7.60. The Morgan fingerprint density at radius 2 is 2.05 bits per heavy atom. The SMILES string of the molecule is C=CCOc1ccc(CC(=O)P(=O)(OC)OC)cc1Cl. The van der Waals surface area contributed by atoms with Crippen molar-refractivity contribution >= 4 is 24.7 Å². The second-order valence-electron chi connectivity index (χ2n) is 3.80. The third-order valence-electron chi connectivity index (χ3n) is 2.49. The quantitative estimate of drug-likeness (QED) is 0.542. The molecule has 0 heterocycles. The summed E-state index contributed by atoms with van der Waals surface area (Å²) in [5.41, 5.74) is -0.0291. The standard InChI is InChI=1S/C13H16ClO5P/c1-4-7-19-12-6-5-10(8-11(12)14)9-13(15)20(16,17-2)18-3/h4-6,8H,1,7,9H2,2-3H3. The molecule has 1 aromatic rings. The van der Waals surface area contributed by atoms with Crippen molar-refractivity contribution in [3.05, 3.63) is 41.4 Å². The van der Waals surface area contributed by atoms with E-state index >= 15 is 0 Å². The van der Waals surface area contributed by atoms with Gasteiger partial charge in [-0.25, -0.2) is 0 Å². The Kier molecular flexibility index (Phi) is 6.43. The molecule has 0 aromatic heterocycles. The van der Waals surface area contributed by atoms with Crippen LogP contribution < -0.4 is 4.74 Å². The van der Waals surface area contributed by atoms with Crippen molar-refractivity contribution in [2.24, 2.45) is 0 Å². The maximum absolute atomic E-state index is 11.9. The smallest absolute Gasteiger partial charge is 0.396 e. The minimum atomic E-state index is -3.71. The molecule has 110 valence electrons. The van der Waals surface area contributed by atoms with E-state index in [2.05, 4.69) is 15.6 Å². The Morgan fingerprint density at radius 1 is 1.40 bits per heavy atom. The van der Waals surface area contributed by atoms with Crippen LogP contribution >= 0.6 is 19.2 Å². The lowest BCUT2D eigenvalue weighted by molar-refractivity contribution is -0.113. The lowest BCUT2D eigenvalue weighted by atomic mass is 10.1. The number of halogens is 1. The summed E-state index contributed by atoms with van der Waals surface area (Å²) in [6.45, 7) is 3.87. The molecule has 0 spiro atoms. The molecular formula is C13H16ClO5P. The second-order valence-corrected chi connectivity index (χ2v) is 6.43. The summed E-state index contributed by atoms with van der Waals surface area (Å²) in [5, 5.41) is 0.363. The van der Waals surface area contributed by atoms with Gasteiger partial charge < -0.3 is 13.8 Å². The van der Waals surface area contributed by atoms with Gasteiger partial charge >= 0.3 is 7.60 Å². The van der Waals surface area contributed by atoms with Crippen LogP contribution in [0.15, 0.2) is 30.9 Å². The number of carbonyl (C=O) groups is 1. The predicted octanol–water partition coefficient (Wildman–Crippen LogP) is 3.46. The van der Waals surface area contributed by atoms with Gasteiger partial charge in [0.05, 0.1) is 5.02 Å². The van der Waals surface area contributed by atoms with Crippen molar-refractivity contribution in [1.82, 2.24) is 0 Å². The molecule has 0 aliphatic rings. The van der Waals surface area contributed by atoms with E-state index in [4.69, 9.17) is 16.3 Å². The van der Waals surface area contributed by atoms with Crippen molar-refractivity contribution in [2.45, 2.75) is 6.42 Å². The first kappa shape index (κ1) is 16.9. The molecule has 0 aliphatic carbocycles. The predicted molar refractivity (Wildman–Crippen MR) is 77.5 cm³/mol. The van der Waals surface area contributed by atoms with E-state index in [-0.39, 0.29) is 6.42 Å². The first-order valence-corrected chi connectivity index (χ1v) is 7.66. The number of hydrogen-bond donors (Lipinski definition) is 0. The molecule has 0 saturated heterocycles. The molecule has 0 saturated carbocycles. The number of ether oxygens (including phenoxy) is 1. The van der Waals surface area contributed by atoms with Crippen LogP contribution in [0.25, 0.3) is 0 Å². The van der Waals surface area contributed by atoms with Gasteiger partial charge in [-0.3, -0.25) is 9.36 Å². The maximum atomic E-state index is 11.9. The van der Waals surface area contributed by atoms with Gasteiger partial charge in [0.1, 0.15) is 12.4 Å². The molecular weight excluding hydrogens is 303 g/mol. The Morgan fingerprint density at radius 3 is 2.55 bits per heavy atom. The fraction of sp³-hybridized carbons (Fsp3) is 0.308. The molecule has 0 fully saturated rings. The zero-order chi connectivity index (χ0) is 15.2. The molecule has 0 N–H and O–H groups in total. The molecule has 0 bridgehead atoms. The molecule has 1 aromatic carbocycles. The van der Waals surface area contributed by atoms with Crippen LogP contribution in [0.1, 0.15) is 5.56 Å². The molecule has 5 nitrogen and oxygen atoms in total. The van der Waals surface area contributed by atoms with Crippen LogP contribution in [-0.2, 0) is 24.8 Å². The normalized spacial score (nSPS) is 11.2. The van der Waals surface area contributed by atoms with Crippen molar-refractivity contribution in [3.8, 4) is 5.75 Å². The van der Waals surface area contributed by atoms with Gasteiger partial charge in [0, 0.05) is 20.6 Å². The summed E-state index contributed by atoms with van der Waals surface area (Å²) < 4.78 is 26.5. The highest BCUT2D eigenvalue weighted by Gasteiger charge is 2.31. The molecule has 7 heteroatoms. The summed E-state index contributed by atoms with van der Waals surface area (Å²) in [7, 11) is -1.37. The van der Waals surface area contributed by atoms with Gasteiger partial charge in [0.25, 0.3) is 0 Å². The first-order chi connectivity index (χ1) is 9.46. The third kappa shape index (κ3) is 4.18. The average Bonchev–Trinajstić information content (AvgIpc) is 2.45. The minimum absolute atomic E-state index is 0.0968. The summed E-state index contributed by atoms with van der Waals surface area (Å²) >= 11 is 6.03. The lowest BCUT2D eigenvalue weighted by Gasteiger charge is -2.12. The Balaban J connectivity index is 2.84. The van der Waals surface area contributed by atoms with Crippen LogP contribution in [0.4, 0.5) is 0 Å². The minimum Gasteiger partial charge on any atom is -0.488 e. The van der Waals surface area contributed by atoms with Crippen LogP contribution in [0.5, 0.6) is 5.75 Å². The highest BCUT2D eigenvalue weighted by Crippen LogP contribution is 2.48. The van der Waals surface area contributed by atoms with E-state index in [1.54, 1.807) is 24.3 Å². The lowest BCUT2D eigenvalue weighted by Crippen LogP contribution is -2.07. The monoisotopic (exact) mass is 318 g/mol. The van der Waals surface area contributed by atoms with Gasteiger partial charge in [-0.2, -0.15) is 0 Å². The largest absolute Gasteiger partial charge is 0.488 e. The van der Waals surface area contributed by atoms with Gasteiger partial charge in [-0.15, -0.1) is 0 Å². The van der Waals surface area contributed by atoms with E-state index in [1.807, 2.05) is 0 Å². The zero-order valence-corrected chi connectivity index (χ0v) is 12.9. The van der Waals surface area contributed by atoms with Gasteiger partial charge in [0.2, 0.25) is 5.52 Å². The van der Waals surface area contributed by atoms with Gasteiger partial charge in [-0.05, 0) is 17.7 Å². The van der Waals surface area contributed by atoms with Crippen molar-refractivity contribution in [2.75, 3.05) is 20.8 Å². The van der Waals surface area contributed by atoms with Gasteiger partial charge in [0.15, 0.2) is 0 Å². The Labute approximate surface area is 123 Å². The highest BCUT2D eigenvalue weighted by atomic mass is 35.5. The average molecular weight is 319 g/mol. The zero-order valence-electron chi connectivity index (χ0n) is 11.3. The maximum Gasteiger partial charge on any atom is 0.396 e. The number of rotatable bonds is 8. The molecule has 0 aliphatic heterocycles. The summed E-state index contributed by atoms with van der Waals surface area (Å²) in [6, 6.07) is 4.88. The fourth-order valence-electron chi connectivity index (χ4n) is 1.47. The third-order valence-corrected chi connectivity index (χ3v) is 4.52. The number of hydrogen-bond acceptors (Lipinski definition) is 5. The van der Waals surface area contributed by atoms with Crippen LogP contribution in [-0.4, -0.2) is 26.4 Å². The topological polar surface area (TPSA) is 61.8 Å². The van der Waals surface area contributed by atoms with E-state index in [0.29, 0.717) is 22.9 Å². The molecule has 20 heavy (non-hydrogen) atoms. The van der Waals surface area contributed by atoms with E-state index < -0.39 is 13.1 Å². The summed E-state index contributed by atoms with van der Waals surface area (Å²) in [4.78, 5) is 11.9. The van der Waals surface area contributed by atoms with E-state index in [1.165, 1.54) is 14.2 Å². The van der Waals surface area contributed by atoms with Crippen LogP contribution in [0.2, 0.25) is 5.02 Å². The van der Waals surface area contributed by atoms with Crippen molar-refractivity contribution in [3.63, 3.8) is 0 Å². The highest BCUT2D eigenvalue weighted by molar-refractivity contribution is 7.71. The first-order valence-electron chi connectivity index (χ1n) is 5.74. The molecule has 0 unspecified atom stereocenters. The molecule has 0 amide bonds. The van der Waals surface area contributed by atoms with E-state index in [9.17, 15) is 9.36 Å². The fourth-order valence-corrected chi connectivity index (χ4v) is 2.66. The van der Waals surface area contributed by atoms with E-state index in [0.717, 1.165) is 0 Å². The Bertz CT molecular complexity index is 536. The summed E-state index contributed by atoms with van der Waals surface area (Å²) in [6.07, 6.45) is 1.50. The van der Waals surface area contributed by atoms with Crippen LogP contribution in [0.3, 0.4) is 0 Å². The van der Waals surface area contributed by atoms with Gasteiger partial charge in [-0.1, -0.05) is 30.3 Å². The summed E-state index contributed by atoms with van der Waals surface area (Å²) in [5.74, 6) is 0.490. The van der Waals surface area contributed by atoms with Crippen molar-refractivity contribution < 1.29 is 23.1 Å². The number of benzene rings is 1. The Hall–Kier alpha value is -1.13. The van der Waals surface area contributed by atoms with Crippen molar-refractivity contribution in [1.29, 1.82) is 0 Å². The molecule has 1 rings (SSSR count). The molecule has 0 radical (unpaired) electrons. The number of carbonyl (C=O) groups excluding carboxylic acids is 1.